The fourth-order valence-corrected chi connectivity index (χ4v) is 3.68. The van der Waals surface area contributed by atoms with Crippen LogP contribution in [0.25, 0.3) is 0 Å². The maximum absolute atomic E-state index is 6.49. The average molecular weight is 312 g/mol. The fourth-order valence-electron chi connectivity index (χ4n) is 3.13. The van der Waals surface area contributed by atoms with Crippen LogP contribution in [0.15, 0.2) is 28.7 Å². The smallest absolute Gasteiger partial charge is 0.0680 e. The monoisotopic (exact) mass is 311 g/mol. The van der Waals surface area contributed by atoms with E-state index in [2.05, 4.69) is 49.7 Å². The zero-order chi connectivity index (χ0) is 13.6. The molecule has 2 N–H and O–H groups in total. The lowest BCUT2D eigenvalue weighted by atomic mass is 9.79. The van der Waals surface area contributed by atoms with Gasteiger partial charge < -0.3 is 10.5 Å². The molecule has 1 saturated heterocycles. The van der Waals surface area contributed by atoms with E-state index in [1.54, 1.807) is 0 Å². The van der Waals surface area contributed by atoms with Gasteiger partial charge in [0.05, 0.1) is 11.2 Å². The van der Waals surface area contributed by atoms with Gasteiger partial charge in [-0.1, -0.05) is 34.1 Å². The van der Waals surface area contributed by atoms with Gasteiger partial charge >= 0.3 is 0 Å². The van der Waals surface area contributed by atoms with Crippen molar-refractivity contribution in [1.82, 2.24) is 0 Å². The Morgan fingerprint density at radius 3 is 2.39 bits per heavy atom. The molecule has 2 atom stereocenters. The number of rotatable bonds is 2. The Kier molecular flexibility index (Phi) is 3.60. The normalized spacial score (nSPS) is 27.1. The van der Waals surface area contributed by atoms with Crippen molar-refractivity contribution >= 4 is 15.9 Å². The molecule has 1 heterocycles. The predicted octanol–water partition coefficient (Wildman–Crippen LogP) is 4.04. The second-order valence-electron chi connectivity index (χ2n) is 6.32. The summed E-state index contributed by atoms with van der Waals surface area (Å²) < 4.78 is 7.22. The summed E-state index contributed by atoms with van der Waals surface area (Å²) in [5, 5.41) is 0. The van der Waals surface area contributed by atoms with Crippen molar-refractivity contribution in [2.75, 3.05) is 0 Å². The molecule has 0 aromatic heterocycles. The maximum atomic E-state index is 6.49. The van der Waals surface area contributed by atoms with E-state index in [9.17, 15) is 0 Å². The highest BCUT2D eigenvalue weighted by Gasteiger charge is 2.48. The van der Waals surface area contributed by atoms with E-state index in [0.717, 1.165) is 16.5 Å². The van der Waals surface area contributed by atoms with Crippen LogP contribution in [0.3, 0.4) is 0 Å². The largest absolute Gasteiger partial charge is 0.369 e. The minimum atomic E-state index is -0.182. The highest BCUT2D eigenvalue weighted by Crippen LogP contribution is 2.47. The summed E-state index contributed by atoms with van der Waals surface area (Å²) in [6.07, 6.45) is 0.989. The molecule has 1 aliphatic rings. The number of hydrogen-bond acceptors (Lipinski definition) is 2. The Morgan fingerprint density at radius 2 is 1.89 bits per heavy atom. The van der Waals surface area contributed by atoms with Gasteiger partial charge in [-0.05, 0) is 45.7 Å². The van der Waals surface area contributed by atoms with E-state index < -0.39 is 0 Å². The molecule has 0 spiro atoms. The quantitative estimate of drug-likeness (QED) is 0.894. The van der Waals surface area contributed by atoms with Crippen LogP contribution in [0.2, 0.25) is 0 Å². The van der Waals surface area contributed by atoms with Gasteiger partial charge in [0.1, 0.15) is 0 Å². The molecule has 2 unspecified atom stereocenters. The molecule has 18 heavy (non-hydrogen) atoms. The molecule has 1 aromatic carbocycles. The van der Waals surface area contributed by atoms with Crippen LogP contribution in [0, 0.1) is 5.92 Å². The molecule has 0 amide bonds. The third kappa shape index (κ3) is 2.63. The van der Waals surface area contributed by atoms with E-state index in [4.69, 9.17) is 10.5 Å². The molecular formula is C15H22BrNO. The van der Waals surface area contributed by atoms with Crippen molar-refractivity contribution in [3.8, 4) is 0 Å². The van der Waals surface area contributed by atoms with Gasteiger partial charge in [0.25, 0.3) is 0 Å². The van der Waals surface area contributed by atoms with Crippen LogP contribution in [0.1, 0.15) is 45.7 Å². The first kappa shape index (κ1) is 14.0. The number of hydrogen-bond donors (Lipinski definition) is 1. The van der Waals surface area contributed by atoms with Crippen molar-refractivity contribution in [3.63, 3.8) is 0 Å². The number of benzene rings is 1. The molecule has 2 rings (SSSR count). The van der Waals surface area contributed by atoms with Crippen molar-refractivity contribution in [3.05, 3.63) is 34.3 Å². The van der Waals surface area contributed by atoms with Gasteiger partial charge in [-0.3, -0.25) is 0 Å². The molecule has 0 radical (unpaired) electrons. The zero-order valence-electron chi connectivity index (χ0n) is 11.5. The van der Waals surface area contributed by atoms with Crippen LogP contribution in [0.5, 0.6) is 0 Å². The summed E-state index contributed by atoms with van der Waals surface area (Å²) in [6.45, 7) is 8.56. The molecule has 0 saturated carbocycles. The van der Waals surface area contributed by atoms with Crippen LogP contribution in [-0.4, -0.2) is 11.2 Å². The third-order valence-corrected chi connectivity index (χ3v) is 4.56. The van der Waals surface area contributed by atoms with Crippen molar-refractivity contribution in [2.24, 2.45) is 11.7 Å². The van der Waals surface area contributed by atoms with E-state index in [1.165, 1.54) is 0 Å². The lowest BCUT2D eigenvalue weighted by Gasteiger charge is -2.31. The van der Waals surface area contributed by atoms with Gasteiger partial charge in [0.15, 0.2) is 0 Å². The maximum Gasteiger partial charge on any atom is 0.0680 e. The van der Waals surface area contributed by atoms with Crippen molar-refractivity contribution < 1.29 is 4.74 Å². The SMILES string of the molecule is CC1(C)CC(C(N)c2ccccc2Br)C(C)(C)O1. The van der Waals surface area contributed by atoms with Crippen LogP contribution < -0.4 is 5.73 Å². The first-order valence-corrected chi connectivity index (χ1v) is 7.22. The molecule has 1 fully saturated rings. The molecule has 1 aliphatic heterocycles. The Hall–Kier alpha value is -0.380. The van der Waals surface area contributed by atoms with Gasteiger partial charge in [-0.25, -0.2) is 0 Å². The predicted molar refractivity (Wildman–Crippen MR) is 78.4 cm³/mol. The number of halogens is 1. The Labute approximate surface area is 118 Å². The Morgan fingerprint density at radius 1 is 1.28 bits per heavy atom. The van der Waals surface area contributed by atoms with E-state index >= 15 is 0 Å². The van der Waals surface area contributed by atoms with Crippen LogP contribution >= 0.6 is 15.9 Å². The average Bonchev–Trinajstić information content (AvgIpc) is 2.46. The third-order valence-electron chi connectivity index (χ3n) is 3.84. The molecular weight excluding hydrogens is 290 g/mol. The van der Waals surface area contributed by atoms with E-state index in [-0.39, 0.29) is 17.2 Å². The topological polar surface area (TPSA) is 35.2 Å². The number of nitrogens with two attached hydrogens (primary N) is 1. The molecule has 100 valence electrons. The molecule has 0 bridgehead atoms. The first-order chi connectivity index (χ1) is 8.23. The Balaban J connectivity index is 2.30. The fraction of sp³-hybridized carbons (Fsp3) is 0.600. The van der Waals surface area contributed by atoms with E-state index in [0.29, 0.717) is 5.92 Å². The summed E-state index contributed by atoms with van der Waals surface area (Å²) in [5.41, 5.74) is 7.38. The molecule has 3 heteroatoms. The van der Waals surface area contributed by atoms with Crippen molar-refractivity contribution in [2.45, 2.75) is 51.4 Å². The van der Waals surface area contributed by atoms with Gasteiger partial charge in [0, 0.05) is 16.4 Å². The highest BCUT2D eigenvalue weighted by molar-refractivity contribution is 9.10. The first-order valence-electron chi connectivity index (χ1n) is 6.43. The highest BCUT2D eigenvalue weighted by atomic mass is 79.9. The van der Waals surface area contributed by atoms with Crippen molar-refractivity contribution in [1.29, 1.82) is 0 Å². The van der Waals surface area contributed by atoms with E-state index in [1.807, 2.05) is 18.2 Å². The summed E-state index contributed by atoms with van der Waals surface area (Å²) >= 11 is 3.59. The Bertz CT molecular complexity index is 442. The standard InChI is InChI=1S/C15H22BrNO/c1-14(2)9-11(15(3,4)18-14)13(17)10-7-5-6-8-12(10)16/h5-8,11,13H,9,17H2,1-4H3. The second-order valence-corrected chi connectivity index (χ2v) is 7.18. The van der Waals surface area contributed by atoms with Gasteiger partial charge in [0.2, 0.25) is 0 Å². The number of ether oxygens (including phenoxy) is 1. The summed E-state index contributed by atoms with van der Waals surface area (Å²) in [7, 11) is 0. The molecule has 2 nitrogen and oxygen atoms in total. The lowest BCUT2D eigenvalue weighted by molar-refractivity contribution is -0.0767. The second kappa shape index (κ2) is 4.62. The minimum Gasteiger partial charge on any atom is -0.369 e. The zero-order valence-corrected chi connectivity index (χ0v) is 13.1. The van der Waals surface area contributed by atoms with Crippen LogP contribution in [-0.2, 0) is 4.74 Å². The minimum absolute atomic E-state index is 0.00245. The molecule has 0 aliphatic carbocycles. The summed E-state index contributed by atoms with van der Waals surface area (Å²) in [6, 6.07) is 8.19. The lowest BCUT2D eigenvalue weighted by Crippen LogP contribution is -2.36. The van der Waals surface area contributed by atoms with Gasteiger partial charge in [-0.2, -0.15) is 0 Å². The van der Waals surface area contributed by atoms with Crippen LogP contribution in [0.4, 0.5) is 0 Å². The summed E-state index contributed by atoms with van der Waals surface area (Å²) in [4.78, 5) is 0. The van der Waals surface area contributed by atoms with Gasteiger partial charge in [-0.15, -0.1) is 0 Å². The molecule has 1 aromatic rings. The summed E-state index contributed by atoms with van der Waals surface area (Å²) in [5.74, 6) is 0.325.